The van der Waals surface area contributed by atoms with Gasteiger partial charge in [-0.05, 0) is 52.6 Å². The smallest absolute Gasteiger partial charge is 0.264 e. The molecule has 1 N–H and O–H groups in total. The first-order valence-electron chi connectivity index (χ1n) is 9.88. The van der Waals surface area contributed by atoms with Crippen LogP contribution in [0.25, 0.3) is 10.8 Å². The maximum atomic E-state index is 13.2. The summed E-state index contributed by atoms with van der Waals surface area (Å²) in [6.45, 7) is 0. The summed E-state index contributed by atoms with van der Waals surface area (Å²) in [7, 11) is -4.07. The third-order valence-electron chi connectivity index (χ3n) is 5.21. The number of hydrogen-bond acceptors (Lipinski definition) is 3. The first-order valence-corrected chi connectivity index (χ1v) is 12.1. The second kappa shape index (κ2) is 9.33. The van der Waals surface area contributed by atoms with Gasteiger partial charge in [0.15, 0.2) is 0 Å². The third-order valence-corrected chi connectivity index (χ3v) is 7.29. The summed E-state index contributed by atoms with van der Waals surface area (Å²) < 4.78 is 28.3. The Bertz CT molecular complexity index is 1390. The van der Waals surface area contributed by atoms with E-state index in [-0.39, 0.29) is 4.90 Å². The number of nitrogens with one attached hydrogen (secondary N) is 1. The molecule has 162 valence electrons. The van der Waals surface area contributed by atoms with Gasteiger partial charge in [-0.2, -0.15) is 0 Å². The van der Waals surface area contributed by atoms with Crippen LogP contribution in [0, 0.1) is 0 Å². The topological polar surface area (TPSA) is 63.2 Å². The summed E-state index contributed by atoms with van der Waals surface area (Å²) in [4.78, 5) is 13.3. The van der Waals surface area contributed by atoms with Crippen LogP contribution in [0.3, 0.4) is 0 Å². The van der Waals surface area contributed by atoms with Crippen molar-refractivity contribution >= 4 is 49.9 Å². The molecule has 0 aliphatic carbocycles. The molecule has 32 heavy (non-hydrogen) atoms. The number of benzene rings is 4. The lowest BCUT2D eigenvalue weighted by molar-refractivity contribution is -0.120. The molecule has 4 nitrogen and oxygen atoms in total. The molecular weight excluding hydrogens is 465 g/mol. The van der Waals surface area contributed by atoms with Crippen molar-refractivity contribution in [2.24, 2.45) is 0 Å². The number of carbonyl (C=O) groups is 1. The third kappa shape index (κ3) is 4.96. The predicted molar refractivity (Wildman–Crippen MR) is 129 cm³/mol. The monoisotopic (exact) mass is 483 g/mol. The molecule has 0 saturated heterocycles. The lowest BCUT2D eigenvalue weighted by Gasteiger charge is -2.18. The predicted octanol–water partition coefficient (Wildman–Crippen LogP) is 5.98. The van der Waals surface area contributed by atoms with Crippen molar-refractivity contribution in [1.29, 1.82) is 0 Å². The van der Waals surface area contributed by atoms with E-state index in [0.717, 1.165) is 16.3 Å². The first-order chi connectivity index (χ1) is 15.3. The molecule has 4 rings (SSSR count). The molecule has 4 aromatic rings. The highest BCUT2D eigenvalue weighted by Gasteiger charge is 2.27. The first kappa shape index (κ1) is 22.3. The number of halogens is 2. The van der Waals surface area contributed by atoms with E-state index in [4.69, 9.17) is 23.2 Å². The largest absolute Gasteiger partial charge is 0.273 e. The second-order valence-electron chi connectivity index (χ2n) is 7.39. The molecular formula is C25H19Cl2NO3S. The van der Waals surface area contributed by atoms with Gasteiger partial charge < -0.3 is 0 Å². The van der Waals surface area contributed by atoms with Crippen LogP contribution < -0.4 is 4.72 Å². The minimum Gasteiger partial charge on any atom is -0.273 e. The van der Waals surface area contributed by atoms with Crippen molar-refractivity contribution in [1.82, 2.24) is 4.72 Å². The Morgan fingerprint density at radius 1 is 0.781 bits per heavy atom. The van der Waals surface area contributed by atoms with Gasteiger partial charge in [0.1, 0.15) is 0 Å². The molecule has 0 radical (unpaired) electrons. The van der Waals surface area contributed by atoms with Gasteiger partial charge in [0.2, 0.25) is 5.91 Å². The molecule has 0 aliphatic heterocycles. The fourth-order valence-corrected chi connectivity index (χ4v) is 4.90. The Balaban J connectivity index is 1.66. The summed E-state index contributed by atoms with van der Waals surface area (Å²) in [6, 6.07) is 26.4. The zero-order valence-corrected chi connectivity index (χ0v) is 19.2. The molecule has 0 spiro atoms. The van der Waals surface area contributed by atoms with Crippen molar-refractivity contribution in [2.75, 3.05) is 0 Å². The SMILES string of the molecule is O=C(NS(=O)(=O)c1ccc2ccccc2c1)C(Cc1ccccc1)c1ccc(Cl)c(Cl)c1. The van der Waals surface area contributed by atoms with Gasteiger partial charge in [0, 0.05) is 0 Å². The minimum atomic E-state index is -4.07. The van der Waals surface area contributed by atoms with Crippen LogP contribution in [0.2, 0.25) is 10.0 Å². The lowest BCUT2D eigenvalue weighted by Crippen LogP contribution is -2.35. The van der Waals surface area contributed by atoms with Gasteiger partial charge in [-0.15, -0.1) is 0 Å². The highest BCUT2D eigenvalue weighted by atomic mass is 35.5. The quantitative estimate of drug-likeness (QED) is 0.366. The molecule has 4 aromatic carbocycles. The van der Waals surface area contributed by atoms with Gasteiger partial charge in [-0.25, -0.2) is 13.1 Å². The number of sulfonamides is 1. The standard InChI is InChI=1S/C25H19Cl2NO3S/c26-23-13-11-20(16-24(23)27)22(14-17-6-2-1-3-7-17)25(29)28-32(30,31)21-12-10-18-8-4-5-9-19(18)15-21/h1-13,15-16,22H,14H2,(H,28,29). The average molecular weight is 484 g/mol. The average Bonchev–Trinajstić information content (AvgIpc) is 2.79. The normalized spacial score (nSPS) is 12.4. The summed E-state index contributed by atoms with van der Waals surface area (Å²) in [6.07, 6.45) is 0.303. The highest BCUT2D eigenvalue weighted by Crippen LogP contribution is 2.29. The zero-order valence-electron chi connectivity index (χ0n) is 16.8. The molecule has 0 aliphatic rings. The summed E-state index contributed by atoms with van der Waals surface area (Å²) in [5, 5.41) is 2.34. The van der Waals surface area contributed by atoms with Gasteiger partial charge in [-0.1, -0.05) is 89.9 Å². The van der Waals surface area contributed by atoms with Gasteiger partial charge >= 0.3 is 0 Å². The summed E-state index contributed by atoms with van der Waals surface area (Å²) in [5.74, 6) is -1.41. The second-order valence-corrected chi connectivity index (χ2v) is 9.89. The van der Waals surface area contributed by atoms with E-state index < -0.39 is 21.8 Å². The van der Waals surface area contributed by atoms with Gasteiger partial charge in [0.05, 0.1) is 20.9 Å². The fourth-order valence-electron chi connectivity index (χ4n) is 3.54. The molecule has 0 saturated carbocycles. The molecule has 1 unspecified atom stereocenters. The van der Waals surface area contributed by atoms with Crippen LogP contribution in [0.5, 0.6) is 0 Å². The van der Waals surface area contributed by atoms with Crippen LogP contribution in [-0.4, -0.2) is 14.3 Å². The maximum Gasteiger partial charge on any atom is 0.264 e. The highest BCUT2D eigenvalue weighted by molar-refractivity contribution is 7.90. The molecule has 0 bridgehead atoms. The van der Waals surface area contributed by atoms with Crippen LogP contribution in [0.4, 0.5) is 0 Å². The molecule has 0 fully saturated rings. The number of rotatable bonds is 6. The van der Waals surface area contributed by atoms with E-state index in [1.54, 1.807) is 30.3 Å². The van der Waals surface area contributed by atoms with Crippen molar-refractivity contribution in [3.05, 3.63) is 112 Å². The maximum absolute atomic E-state index is 13.2. The van der Waals surface area contributed by atoms with Crippen molar-refractivity contribution in [3.63, 3.8) is 0 Å². The van der Waals surface area contributed by atoms with Gasteiger partial charge in [-0.3, -0.25) is 4.79 Å². The van der Waals surface area contributed by atoms with Crippen molar-refractivity contribution < 1.29 is 13.2 Å². The Labute approximate surface area is 196 Å². The summed E-state index contributed by atoms with van der Waals surface area (Å²) >= 11 is 12.2. The van der Waals surface area contributed by atoms with E-state index in [1.165, 1.54) is 6.07 Å². The minimum absolute atomic E-state index is 0.0251. The number of hydrogen-bond donors (Lipinski definition) is 1. The number of amides is 1. The Morgan fingerprint density at radius 3 is 2.19 bits per heavy atom. The molecule has 1 amide bonds. The van der Waals surface area contributed by atoms with Crippen LogP contribution >= 0.6 is 23.2 Å². The fraction of sp³-hybridized carbons (Fsp3) is 0.0800. The van der Waals surface area contributed by atoms with E-state index in [2.05, 4.69) is 4.72 Å². The molecule has 0 aromatic heterocycles. The summed E-state index contributed by atoms with van der Waals surface area (Å²) in [5.41, 5.74) is 1.47. The van der Waals surface area contributed by atoms with Crippen LogP contribution in [-0.2, 0) is 21.2 Å². The van der Waals surface area contributed by atoms with Crippen LogP contribution in [0.1, 0.15) is 17.0 Å². The van der Waals surface area contributed by atoms with E-state index in [0.29, 0.717) is 22.0 Å². The van der Waals surface area contributed by atoms with E-state index in [9.17, 15) is 13.2 Å². The Morgan fingerprint density at radius 2 is 1.47 bits per heavy atom. The van der Waals surface area contributed by atoms with Crippen LogP contribution in [0.15, 0.2) is 95.9 Å². The number of carbonyl (C=O) groups excluding carboxylic acids is 1. The molecule has 1 atom stereocenters. The lowest BCUT2D eigenvalue weighted by atomic mass is 9.91. The van der Waals surface area contributed by atoms with E-state index >= 15 is 0 Å². The van der Waals surface area contributed by atoms with Crippen molar-refractivity contribution in [3.8, 4) is 0 Å². The molecule has 7 heteroatoms. The van der Waals surface area contributed by atoms with Crippen molar-refractivity contribution in [2.45, 2.75) is 17.2 Å². The Kier molecular flexibility index (Phi) is 6.51. The van der Waals surface area contributed by atoms with Gasteiger partial charge in [0.25, 0.3) is 10.0 Å². The molecule has 0 heterocycles. The Hall–Kier alpha value is -2.86. The number of fused-ring (bicyclic) bond motifs is 1. The van der Waals surface area contributed by atoms with E-state index in [1.807, 2.05) is 54.6 Å². The zero-order chi connectivity index (χ0) is 22.7.